The minimum atomic E-state index is -1.64. The summed E-state index contributed by atoms with van der Waals surface area (Å²) in [6.45, 7) is 2.09. The van der Waals surface area contributed by atoms with E-state index in [0.717, 1.165) is 75.3 Å². The molecule has 4 saturated carbocycles. The van der Waals surface area contributed by atoms with Gasteiger partial charge in [0.1, 0.15) is 29.0 Å². The maximum Gasteiger partial charge on any atom is 0.334 e. The number of carbonyl (C=O) groups is 3. The molecule has 11 rings (SSSR count). The Balaban J connectivity index is 1.07. The number of anilines is 1. The highest BCUT2D eigenvalue weighted by molar-refractivity contribution is 5.89. The zero-order chi connectivity index (χ0) is 52.7. The van der Waals surface area contributed by atoms with E-state index in [1.54, 1.807) is 13.0 Å². The number of Topliss-reactive ketones (excluding diaryl/α,β-unsaturated/α-hetero) is 1. The van der Waals surface area contributed by atoms with Crippen LogP contribution in [0.5, 0.6) is 11.5 Å². The van der Waals surface area contributed by atoms with Gasteiger partial charge in [-0.1, -0.05) is 86.4 Å². The zero-order valence-corrected chi connectivity index (χ0v) is 44.2. The molecule has 404 valence electrons. The molecule has 0 amide bonds. The van der Waals surface area contributed by atoms with Gasteiger partial charge in [-0.25, -0.2) is 4.79 Å². The van der Waals surface area contributed by atoms with Gasteiger partial charge in [-0.05, 0) is 153 Å². The first-order chi connectivity index (χ1) is 36.7. The van der Waals surface area contributed by atoms with Crippen molar-refractivity contribution in [3.05, 3.63) is 111 Å². The van der Waals surface area contributed by atoms with Crippen molar-refractivity contribution in [3.63, 3.8) is 0 Å². The third kappa shape index (κ3) is 10.9. The molecule has 4 fully saturated rings. The summed E-state index contributed by atoms with van der Waals surface area (Å²) < 4.78 is 19.3. The predicted molar refractivity (Wildman–Crippen MR) is 288 cm³/mol. The van der Waals surface area contributed by atoms with E-state index in [0.29, 0.717) is 78.0 Å². The molecule has 76 heavy (non-hydrogen) atoms. The van der Waals surface area contributed by atoms with Crippen LogP contribution in [-0.4, -0.2) is 85.9 Å². The van der Waals surface area contributed by atoms with E-state index in [2.05, 4.69) is 29.3 Å². The quantitative estimate of drug-likeness (QED) is 0.0489. The number of hydrogen-bond acceptors (Lipinski definition) is 12. The van der Waals surface area contributed by atoms with Crippen molar-refractivity contribution in [1.29, 1.82) is 0 Å². The summed E-state index contributed by atoms with van der Waals surface area (Å²) in [4.78, 5) is 43.8. The van der Waals surface area contributed by atoms with Crippen LogP contribution in [0, 0.1) is 41.4 Å². The van der Waals surface area contributed by atoms with E-state index in [9.17, 15) is 35.1 Å². The van der Waals surface area contributed by atoms with E-state index < -0.39 is 53.1 Å². The molecule has 6 N–H and O–H groups in total. The highest BCUT2D eigenvalue weighted by atomic mass is 16.6. The molecule has 0 radical (unpaired) electrons. The molecule has 3 aromatic carbocycles. The monoisotopic (exact) mass is 1040 g/mol. The summed E-state index contributed by atoms with van der Waals surface area (Å²) in [6, 6.07) is 15.4. The fourth-order valence-electron chi connectivity index (χ4n) is 15.0. The third-order valence-electron chi connectivity index (χ3n) is 18.9. The first-order valence-electron chi connectivity index (χ1n) is 28.7. The highest BCUT2D eigenvalue weighted by Gasteiger charge is 2.62. The van der Waals surface area contributed by atoms with E-state index >= 15 is 4.79 Å². The Morgan fingerprint density at radius 1 is 0.868 bits per heavy atom. The van der Waals surface area contributed by atoms with Crippen molar-refractivity contribution in [1.82, 2.24) is 0 Å². The SMILES string of the molecule is C[C@@](O)(CCOC1CCCC1)CNc1cc(CO)cc([C@@H]2C#C[C@@H]3CC(=O)Oc4c3cc(c(O)c4C3CCCCC3)C[C@H]3OC(=O)/C(=C\[C@H](O)Cc4cccc(c4)C[C@@H]4C(=O)CC[C@@H]5[C@H]4C[C@@H]4C=CCC[C@@H]4[C@]53O)C2)c1. The van der Waals surface area contributed by atoms with Crippen LogP contribution in [-0.2, 0) is 49.7 Å². The van der Waals surface area contributed by atoms with Crippen molar-refractivity contribution in [3.8, 4) is 23.3 Å². The number of nitrogens with one attached hydrogen (secondary N) is 1. The Labute approximate surface area is 447 Å². The molecule has 12 heteroatoms. The standard InChI is InChI=1S/C64H77NO11/c1-63(72,22-23-74-50-15-6-7-16-50)37-65-48-26-40(36-66)25-45(30-48)42-18-19-43-35-58(69)76-61-51(43)33-46(60(70)59(61)41-12-3-2-4-13-41)34-57-64(73)54-17-8-5-14-44(54)32-52-53(56(68)21-20-55(52)64)28-39-11-9-10-38(24-39)27-49(67)31-47(29-42)62(71)75-57/h5,9-11,14,24-26,30-31,33,41-44,49-50,52-55,57,65-67,70,72-73H,2-4,6-8,12-13,15-17,20-23,27-29,32,34-37H2,1H3/b47-31-/t42-,43-,44+,49-,52+,53+,54+,55-,57-,63-,64+/m1/s1. The minimum absolute atomic E-state index is 0.0221. The number of fused-ring (bicyclic) bond motifs is 9. The first kappa shape index (κ1) is 52.7. The number of ketones is 1. The summed E-state index contributed by atoms with van der Waals surface area (Å²) in [5.41, 5.74) is 2.76. The lowest BCUT2D eigenvalue weighted by Gasteiger charge is -2.58. The fourth-order valence-corrected chi connectivity index (χ4v) is 15.0. The zero-order valence-electron chi connectivity index (χ0n) is 44.2. The number of aliphatic hydroxyl groups excluding tert-OH is 2. The van der Waals surface area contributed by atoms with Gasteiger partial charge in [0.05, 0.1) is 36.8 Å². The van der Waals surface area contributed by atoms with Crippen LogP contribution in [0.1, 0.15) is 173 Å². The van der Waals surface area contributed by atoms with Crippen LogP contribution in [0.4, 0.5) is 5.69 Å². The molecule has 8 aliphatic rings. The number of hydrogen-bond donors (Lipinski definition) is 6. The molecule has 3 heterocycles. The maximum atomic E-state index is 15.7. The van der Waals surface area contributed by atoms with Gasteiger partial charge >= 0.3 is 11.9 Å². The molecule has 10 bridgehead atoms. The van der Waals surface area contributed by atoms with Crippen LogP contribution in [0.15, 0.2) is 72.3 Å². The Bertz CT molecular complexity index is 2810. The highest BCUT2D eigenvalue weighted by Crippen LogP contribution is 2.58. The molecule has 3 aromatic rings. The summed E-state index contributed by atoms with van der Waals surface area (Å²) in [5, 5.41) is 64.8. The molecule has 3 aliphatic heterocycles. The van der Waals surface area contributed by atoms with Crippen molar-refractivity contribution >= 4 is 23.4 Å². The van der Waals surface area contributed by atoms with Crippen LogP contribution in [0.2, 0.25) is 0 Å². The second-order valence-corrected chi connectivity index (χ2v) is 24.2. The van der Waals surface area contributed by atoms with Crippen LogP contribution >= 0.6 is 0 Å². The number of carbonyl (C=O) groups excluding carboxylic acids is 3. The molecule has 11 atom stereocenters. The van der Waals surface area contributed by atoms with Gasteiger partial charge in [-0.2, -0.15) is 0 Å². The molecule has 0 saturated heterocycles. The fraction of sp³-hybridized carbons (Fsp3) is 0.578. The number of aromatic hydroxyl groups is 1. The second-order valence-electron chi connectivity index (χ2n) is 24.2. The lowest BCUT2D eigenvalue weighted by molar-refractivity contribution is -0.221. The minimum Gasteiger partial charge on any atom is -0.507 e. The largest absolute Gasteiger partial charge is 0.507 e. The van der Waals surface area contributed by atoms with Gasteiger partial charge in [0.25, 0.3) is 0 Å². The van der Waals surface area contributed by atoms with Crippen molar-refractivity contribution in [2.45, 2.75) is 189 Å². The lowest BCUT2D eigenvalue weighted by atomic mass is 9.49. The molecular weight excluding hydrogens is 959 g/mol. The van der Waals surface area contributed by atoms with Gasteiger partial charge in [-0.3, -0.25) is 9.59 Å². The first-order valence-corrected chi connectivity index (χ1v) is 28.7. The average molecular weight is 1040 g/mol. The van der Waals surface area contributed by atoms with Crippen molar-refractivity contribution in [2.24, 2.45) is 29.6 Å². The van der Waals surface area contributed by atoms with Crippen molar-refractivity contribution in [2.75, 3.05) is 18.5 Å². The summed E-state index contributed by atoms with van der Waals surface area (Å²) >= 11 is 0. The topological polar surface area (TPSA) is 192 Å². The smallest absolute Gasteiger partial charge is 0.334 e. The summed E-state index contributed by atoms with van der Waals surface area (Å²) in [7, 11) is 0. The lowest BCUT2D eigenvalue weighted by Crippen LogP contribution is -2.65. The maximum absolute atomic E-state index is 15.7. The Hall–Kier alpha value is -5.29. The average Bonchev–Trinajstić information content (AvgIpc) is 4.04. The third-order valence-corrected chi connectivity index (χ3v) is 18.9. The number of phenolic OH excluding ortho intramolecular Hbond substituents is 1. The molecule has 0 unspecified atom stereocenters. The molecule has 0 aromatic heterocycles. The predicted octanol–water partition coefficient (Wildman–Crippen LogP) is 9.50. The summed E-state index contributed by atoms with van der Waals surface area (Å²) in [6.07, 6.45) is 16.4. The Kier molecular flexibility index (Phi) is 15.4. The number of benzene rings is 3. The second kappa shape index (κ2) is 22.2. The van der Waals surface area contributed by atoms with Gasteiger partial charge in [0, 0.05) is 73.1 Å². The molecule has 5 aliphatic carbocycles. The van der Waals surface area contributed by atoms with E-state index in [4.69, 9.17) is 14.2 Å². The molecular formula is C64H77NO11. The molecule has 12 nitrogen and oxygen atoms in total. The van der Waals surface area contributed by atoms with Gasteiger partial charge in [-0.15, -0.1) is 0 Å². The van der Waals surface area contributed by atoms with Crippen molar-refractivity contribution < 1.29 is 54.1 Å². The number of aliphatic hydroxyl groups is 4. The van der Waals surface area contributed by atoms with Gasteiger partial charge < -0.3 is 45.1 Å². The Morgan fingerprint density at radius 2 is 1.64 bits per heavy atom. The number of phenols is 1. The number of rotatable bonds is 10. The molecule has 0 spiro atoms. The van der Waals surface area contributed by atoms with E-state index in [-0.39, 0.29) is 98.1 Å². The van der Waals surface area contributed by atoms with E-state index in [1.807, 2.05) is 48.5 Å². The number of esters is 2. The van der Waals surface area contributed by atoms with Gasteiger partial charge in [0.2, 0.25) is 0 Å². The van der Waals surface area contributed by atoms with Crippen LogP contribution in [0.25, 0.3) is 0 Å². The summed E-state index contributed by atoms with van der Waals surface area (Å²) in [5.74, 6) is 3.32. The number of ether oxygens (including phenoxy) is 3. The van der Waals surface area contributed by atoms with E-state index in [1.165, 1.54) is 0 Å². The normalized spacial score (nSPS) is 32.2. The van der Waals surface area contributed by atoms with Crippen LogP contribution < -0.4 is 10.1 Å². The number of allylic oxidation sites excluding steroid dienone is 2. The van der Waals surface area contributed by atoms with Gasteiger partial charge in [0.15, 0.2) is 0 Å². The Morgan fingerprint density at radius 3 is 2.45 bits per heavy atom. The van der Waals surface area contributed by atoms with Crippen LogP contribution in [0.3, 0.4) is 0 Å².